The van der Waals surface area contributed by atoms with E-state index in [0.717, 1.165) is 82.0 Å². The normalized spacial score (nSPS) is 25.7. The molecule has 2 fully saturated rings. The minimum atomic E-state index is -0.156. The van der Waals surface area contributed by atoms with Crippen LogP contribution in [0.25, 0.3) is 0 Å². The van der Waals surface area contributed by atoms with Gasteiger partial charge in [-0.2, -0.15) is 0 Å². The summed E-state index contributed by atoms with van der Waals surface area (Å²) in [5, 5.41) is 3.26. The summed E-state index contributed by atoms with van der Waals surface area (Å²) in [5.41, 5.74) is 2.00. The SMILES string of the molecule is O=C(NC1CCC(CCN2CCN(c3cccc(F)c3)CC2)CC1)C1=CCCC1. The maximum atomic E-state index is 13.4. The summed E-state index contributed by atoms with van der Waals surface area (Å²) in [7, 11) is 0. The minimum Gasteiger partial charge on any atom is -0.369 e. The van der Waals surface area contributed by atoms with E-state index in [1.54, 1.807) is 12.1 Å². The van der Waals surface area contributed by atoms with Crippen LogP contribution in [-0.4, -0.2) is 49.6 Å². The Labute approximate surface area is 174 Å². The quantitative estimate of drug-likeness (QED) is 0.782. The van der Waals surface area contributed by atoms with Crippen molar-refractivity contribution in [2.75, 3.05) is 37.6 Å². The number of nitrogens with one attached hydrogen (secondary N) is 1. The van der Waals surface area contributed by atoms with Crippen LogP contribution in [0.5, 0.6) is 0 Å². The van der Waals surface area contributed by atoms with Crippen molar-refractivity contribution in [3.8, 4) is 0 Å². The first-order valence-electron chi connectivity index (χ1n) is 11.4. The predicted molar refractivity (Wildman–Crippen MR) is 115 cm³/mol. The second-order valence-corrected chi connectivity index (χ2v) is 8.91. The minimum absolute atomic E-state index is 0.156. The molecule has 1 aromatic carbocycles. The largest absolute Gasteiger partial charge is 0.369 e. The zero-order chi connectivity index (χ0) is 20.1. The fourth-order valence-electron chi connectivity index (χ4n) is 5.02. The van der Waals surface area contributed by atoms with Gasteiger partial charge < -0.3 is 10.2 Å². The number of benzene rings is 1. The zero-order valence-electron chi connectivity index (χ0n) is 17.4. The smallest absolute Gasteiger partial charge is 0.247 e. The van der Waals surface area contributed by atoms with Crippen molar-refractivity contribution < 1.29 is 9.18 Å². The van der Waals surface area contributed by atoms with E-state index < -0.39 is 0 Å². The highest BCUT2D eigenvalue weighted by Crippen LogP contribution is 2.28. The van der Waals surface area contributed by atoms with Crippen LogP contribution in [0.3, 0.4) is 0 Å². The maximum Gasteiger partial charge on any atom is 0.247 e. The molecule has 4 rings (SSSR count). The third kappa shape index (κ3) is 5.59. The molecule has 0 spiro atoms. The van der Waals surface area contributed by atoms with Gasteiger partial charge in [0.15, 0.2) is 0 Å². The van der Waals surface area contributed by atoms with E-state index in [1.807, 2.05) is 6.07 Å². The van der Waals surface area contributed by atoms with Gasteiger partial charge in [0.05, 0.1) is 0 Å². The molecule has 0 unspecified atom stereocenters. The average molecular weight is 400 g/mol. The molecule has 1 saturated carbocycles. The Morgan fingerprint density at radius 3 is 2.59 bits per heavy atom. The Balaban J connectivity index is 1.13. The van der Waals surface area contributed by atoms with E-state index in [9.17, 15) is 9.18 Å². The molecule has 1 saturated heterocycles. The van der Waals surface area contributed by atoms with Crippen molar-refractivity contribution in [2.24, 2.45) is 5.92 Å². The van der Waals surface area contributed by atoms with E-state index in [4.69, 9.17) is 0 Å². The number of hydrogen-bond donors (Lipinski definition) is 1. The van der Waals surface area contributed by atoms with Crippen LogP contribution in [0.2, 0.25) is 0 Å². The van der Waals surface area contributed by atoms with Crippen molar-refractivity contribution in [1.29, 1.82) is 0 Å². The second kappa shape index (κ2) is 9.75. The molecule has 1 heterocycles. The van der Waals surface area contributed by atoms with Gasteiger partial charge in [-0.15, -0.1) is 0 Å². The number of rotatable bonds is 6. The fraction of sp³-hybridized carbons (Fsp3) is 0.625. The molecular weight excluding hydrogens is 365 g/mol. The van der Waals surface area contributed by atoms with E-state index in [1.165, 1.54) is 25.3 Å². The Bertz CT molecular complexity index is 719. The van der Waals surface area contributed by atoms with Crippen molar-refractivity contribution in [3.05, 3.63) is 41.7 Å². The van der Waals surface area contributed by atoms with E-state index in [0.29, 0.717) is 6.04 Å². The van der Waals surface area contributed by atoms with Crippen LogP contribution in [-0.2, 0) is 4.79 Å². The number of anilines is 1. The van der Waals surface area contributed by atoms with Gasteiger partial charge in [0.2, 0.25) is 5.91 Å². The highest BCUT2D eigenvalue weighted by atomic mass is 19.1. The summed E-state index contributed by atoms with van der Waals surface area (Å²) in [4.78, 5) is 17.1. The third-order valence-electron chi connectivity index (χ3n) is 6.91. The standard InChI is InChI=1S/C24H34FN3O/c25-21-6-3-7-23(18-21)28-16-14-27(15-17-28)13-12-19-8-10-22(11-9-19)26-24(29)20-4-1-2-5-20/h3-4,6-7,18-19,22H,1-2,5,8-17H2,(H,26,29). The lowest BCUT2D eigenvalue weighted by molar-refractivity contribution is -0.118. The van der Waals surface area contributed by atoms with Crippen molar-refractivity contribution in [1.82, 2.24) is 10.2 Å². The number of piperazine rings is 1. The first-order chi connectivity index (χ1) is 14.2. The highest BCUT2D eigenvalue weighted by Gasteiger charge is 2.25. The molecular formula is C24H34FN3O. The second-order valence-electron chi connectivity index (χ2n) is 8.91. The van der Waals surface area contributed by atoms with Gasteiger partial charge in [-0.1, -0.05) is 12.1 Å². The molecule has 2 aliphatic carbocycles. The fourth-order valence-corrected chi connectivity index (χ4v) is 5.02. The monoisotopic (exact) mass is 399 g/mol. The van der Waals surface area contributed by atoms with Crippen LogP contribution in [0, 0.1) is 11.7 Å². The molecule has 29 heavy (non-hydrogen) atoms. The number of amides is 1. The van der Waals surface area contributed by atoms with Crippen molar-refractivity contribution in [2.45, 2.75) is 57.4 Å². The van der Waals surface area contributed by atoms with Gasteiger partial charge in [0.1, 0.15) is 5.82 Å². The molecule has 0 bridgehead atoms. The molecule has 0 aromatic heterocycles. The predicted octanol–water partition coefficient (Wildman–Crippen LogP) is 4.12. The Hall–Kier alpha value is -1.88. The average Bonchev–Trinajstić information content (AvgIpc) is 3.29. The van der Waals surface area contributed by atoms with Crippen LogP contribution < -0.4 is 10.2 Å². The summed E-state index contributed by atoms with van der Waals surface area (Å²) in [5.74, 6) is 0.814. The molecule has 5 heteroatoms. The van der Waals surface area contributed by atoms with Crippen molar-refractivity contribution >= 4 is 11.6 Å². The number of halogens is 1. The van der Waals surface area contributed by atoms with Gasteiger partial charge in [-0.3, -0.25) is 9.69 Å². The van der Waals surface area contributed by atoms with Crippen LogP contribution in [0.15, 0.2) is 35.9 Å². The van der Waals surface area contributed by atoms with Gasteiger partial charge in [-0.05, 0) is 82.0 Å². The number of hydrogen-bond acceptors (Lipinski definition) is 3. The first-order valence-corrected chi connectivity index (χ1v) is 11.4. The topological polar surface area (TPSA) is 35.6 Å². The summed E-state index contributed by atoms with van der Waals surface area (Å²) in [6, 6.07) is 7.30. The molecule has 0 radical (unpaired) electrons. The molecule has 4 nitrogen and oxygen atoms in total. The van der Waals surface area contributed by atoms with Crippen LogP contribution in [0.4, 0.5) is 10.1 Å². The summed E-state index contributed by atoms with van der Waals surface area (Å²) in [6.45, 7) is 5.20. The maximum absolute atomic E-state index is 13.4. The number of allylic oxidation sites excluding steroid dienone is 1. The molecule has 1 aromatic rings. The lowest BCUT2D eigenvalue weighted by atomic mass is 9.84. The van der Waals surface area contributed by atoms with Gasteiger partial charge >= 0.3 is 0 Å². The first kappa shape index (κ1) is 20.4. The molecule has 158 valence electrons. The van der Waals surface area contributed by atoms with E-state index in [-0.39, 0.29) is 11.7 Å². The lowest BCUT2D eigenvalue weighted by Crippen LogP contribution is -2.47. The number of carbonyl (C=O) groups is 1. The summed E-state index contributed by atoms with van der Waals surface area (Å²) in [6.07, 6.45) is 11.2. The number of nitrogens with zero attached hydrogens (tertiary/aromatic N) is 2. The molecule has 1 aliphatic heterocycles. The van der Waals surface area contributed by atoms with E-state index >= 15 is 0 Å². The summed E-state index contributed by atoms with van der Waals surface area (Å²) >= 11 is 0. The molecule has 0 atom stereocenters. The van der Waals surface area contributed by atoms with Crippen LogP contribution in [0.1, 0.15) is 51.4 Å². The molecule has 1 N–H and O–H groups in total. The zero-order valence-corrected chi connectivity index (χ0v) is 17.4. The Morgan fingerprint density at radius 1 is 1.10 bits per heavy atom. The number of carbonyl (C=O) groups excluding carboxylic acids is 1. The molecule has 3 aliphatic rings. The van der Waals surface area contributed by atoms with Crippen LogP contribution >= 0.6 is 0 Å². The van der Waals surface area contributed by atoms with Gasteiger partial charge in [-0.25, -0.2) is 4.39 Å². The highest BCUT2D eigenvalue weighted by molar-refractivity contribution is 5.93. The van der Waals surface area contributed by atoms with E-state index in [2.05, 4.69) is 21.2 Å². The van der Waals surface area contributed by atoms with Gasteiger partial charge in [0, 0.05) is 43.5 Å². The van der Waals surface area contributed by atoms with Gasteiger partial charge in [0.25, 0.3) is 0 Å². The third-order valence-corrected chi connectivity index (χ3v) is 6.91. The lowest BCUT2D eigenvalue weighted by Gasteiger charge is -2.37. The van der Waals surface area contributed by atoms with Crippen molar-refractivity contribution in [3.63, 3.8) is 0 Å². The Morgan fingerprint density at radius 2 is 1.90 bits per heavy atom. The Kier molecular flexibility index (Phi) is 6.86. The molecule has 1 amide bonds. The summed E-state index contributed by atoms with van der Waals surface area (Å²) < 4.78 is 13.4.